The minimum atomic E-state index is 0.638. The van der Waals surface area contributed by atoms with Gasteiger partial charge >= 0.3 is 0 Å². The fourth-order valence-electron chi connectivity index (χ4n) is 2.11. The Morgan fingerprint density at radius 1 is 1.44 bits per heavy atom. The molecule has 1 atom stereocenters. The monoisotopic (exact) mass is 228 g/mol. The SMILES string of the molecule is CC(C)COCCCN1CCCNC(C)C1. The molecule has 3 nitrogen and oxygen atoms in total. The summed E-state index contributed by atoms with van der Waals surface area (Å²) in [6, 6.07) is 0.638. The van der Waals surface area contributed by atoms with Crippen molar-refractivity contribution in [3.63, 3.8) is 0 Å². The topological polar surface area (TPSA) is 24.5 Å². The maximum absolute atomic E-state index is 5.60. The van der Waals surface area contributed by atoms with E-state index in [-0.39, 0.29) is 0 Å². The molecule has 0 bridgehead atoms. The number of nitrogens with zero attached hydrogens (tertiary/aromatic N) is 1. The Bertz CT molecular complexity index is 173. The second kappa shape index (κ2) is 8.04. The van der Waals surface area contributed by atoms with E-state index >= 15 is 0 Å². The summed E-state index contributed by atoms with van der Waals surface area (Å²) in [6.45, 7) is 13.3. The van der Waals surface area contributed by atoms with Gasteiger partial charge in [-0.3, -0.25) is 0 Å². The van der Waals surface area contributed by atoms with Crippen LogP contribution in [0.1, 0.15) is 33.6 Å². The molecule has 0 saturated carbocycles. The van der Waals surface area contributed by atoms with Crippen molar-refractivity contribution in [3.8, 4) is 0 Å². The van der Waals surface area contributed by atoms with Crippen molar-refractivity contribution in [1.82, 2.24) is 10.2 Å². The number of rotatable bonds is 6. The van der Waals surface area contributed by atoms with Crippen molar-refractivity contribution in [3.05, 3.63) is 0 Å². The van der Waals surface area contributed by atoms with Crippen molar-refractivity contribution < 1.29 is 4.74 Å². The lowest BCUT2D eigenvalue weighted by molar-refractivity contribution is 0.0991. The van der Waals surface area contributed by atoms with Crippen LogP contribution in [0.2, 0.25) is 0 Å². The molecule has 0 amide bonds. The van der Waals surface area contributed by atoms with E-state index in [0.717, 1.165) is 13.2 Å². The first-order valence-electron chi connectivity index (χ1n) is 6.72. The Kier molecular flexibility index (Phi) is 7.01. The smallest absolute Gasteiger partial charge is 0.0489 e. The molecule has 0 aliphatic carbocycles. The zero-order chi connectivity index (χ0) is 11.8. The van der Waals surface area contributed by atoms with Gasteiger partial charge in [-0.1, -0.05) is 13.8 Å². The minimum Gasteiger partial charge on any atom is -0.381 e. The lowest BCUT2D eigenvalue weighted by Gasteiger charge is -2.22. The molecule has 1 fully saturated rings. The van der Waals surface area contributed by atoms with E-state index in [1.807, 2.05) is 0 Å². The van der Waals surface area contributed by atoms with Crippen LogP contribution in [0.15, 0.2) is 0 Å². The molecule has 0 spiro atoms. The molecule has 0 aromatic rings. The van der Waals surface area contributed by atoms with Crippen LogP contribution in [-0.2, 0) is 4.74 Å². The Morgan fingerprint density at radius 3 is 3.00 bits per heavy atom. The maximum Gasteiger partial charge on any atom is 0.0489 e. The standard InChI is InChI=1S/C13H28N2O/c1-12(2)11-16-9-5-8-15-7-4-6-14-13(3)10-15/h12-14H,4-11H2,1-3H3. The summed E-state index contributed by atoms with van der Waals surface area (Å²) in [5.41, 5.74) is 0. The average Bonchev–Trinajstić information content (AvgIpc) is 2.42. The van der Waals surface area contributed by atoms with E-state index in [1.54, 1.807) is 0 Å². The van der Waals surface area contributed by atoms with Gasteiger partial charge in [-0.25, -0.2) is 0 Å². The predicted molar refractivity (Wildman–Crippen MR) is 68.8 cm³/mol. The lowest BCUT2D eigenvalue weighted by atomic mass is 10.2. The van der Waals surface area contributed by atoms with Gasteiger partial charge in [-0.15, -0.1) is 0 Å². The van der Waals surface area contributed by atoms with Crippen molar-refractivity contribution >= 4 is 0 Å². The zero-order valence-corrected chi connectivity index (χ0v) is 11.2. The molecule has 16 heavy (non-hydrogen) atoms. The molecule has 1 saturated heterocycles. The fraction of sp³-hybridized carbons (Fsp3) is 1.00. The molecule has 96 valence electrons. The van der Waals surface area contributed by atoms with Crippen molar-refractivity contribution in [2.75, 3.05) is 39.4 Å². The third kappa shape index (κ3) is 6.46. The van der Waals surface area contributed by atoms with Crippen molar-refractivity contribution in [2.45, 2.75) is 39.7 Å². The normalized spacial score (nSPS) is 23.6. The van der Waals surface area contributed by atoms with Gasteiger partial charge in [0, 0.05) is 32.3 Å². The van der Waals surface area contributed by atoms with Gasteiger partial charge in [0.15, 0.2) is 0 Å². The highest BCUT2D eigenvalue weighted by Crippen LogP contribution is 2.02. The highest BCUT2D eigenvalue weighted by molar-refractivity contribution is 4.72. The summed E-state index contributed by atoms with van der Waals surface area (Å²) in [5.74, 6) is 0.655. The largest absolute Gasteiger partial charge is 0.381 e. The van der Waals surface area contributed by atoms with Crippen LogP contribution in [-0.4, -0.2) is 50.3 Å². The van der Waals surface area contributed by atoms with Gasteiger partial charge in [-0.2, -0.15) is 0 Å². The van der Waals surface area contributed by atoms with Gasteiger partial charge in [0.05, 0.1) is 0 Å². The van der Waals surface area contributed by atoms with Gasteiger partial charge in [0.25, 0.3) is 0 Å². The van der Waals surface area contributed by atoms with E-state index in [1.165, 1.54) is 39.0 Å². The molecule has 1 rings (SSSR count). The van der Waals surface area contributed by atoms with Crippen LogP contribution in [0.5, 0.6) is 0 Å². The summed E-state index contributed by atoms with van der Waals surface area (Å²) in [7, 11) is 0. The van der Waals surface area contributed by atoms with E-state index in [2.05, 4.69) is 31.0 Å². The Labute approximate surface area is 101 Å². The minimum absolute atomic E-state index is 0.638. The lowest BCUT2D eigenvalue weighted by Crippen LogP contribution is -2.36. The quantitative estimate of drug-likeness (QED) is 0.701. The zero-order valence-electron chi connectivity index (χ0n) is 11.2. The summed E-state index contributed by atoms with van der Waals surface area (Å²) < 4.78 is 5.60. The number of hydrogen-bond acceptors (Lipinski definition) is 3. The van der Waals surface area contributed by atoms with Crippen molar-refractivity contribution in [1.29, 1.82) is 0 Å². The third-order valence-corrected chi connectivity index (χ3v) is 2.89. The molecule has 1 heterocycles. The molecule has 0 aromatic carbocycles. The molecule has 1 aliphatic heterocycles. The summed E-state index contributed by atoms with van der Waals surface area (Å²) in [6.07, 6.45) is 2.44. The highest BCUT2D eigenvalue weighted by atomic mass is 16.5. The van der Waals surface area contributed by atoms with Gasteiger partial charge in [0.1, 0.15) is 0 Å². The average molecular weight is 228 g/mol. The molecular formula is C13H28N2O. The first-order valence-corrected chi connectivity index (χ1v) is 6.72. The van der Waals surface area contributed by atoms with Gasteiger partial charge < -0.3 is 15.0 Å². The first kappa shape index (κ1) is 13.9. The molecule has 0 aromatic heterocycles. The van der Waals surface area contributed by atoms with Crippen LogP contribution in [0.4, 0.5) is 0 Å². The van der Waals surface area contributed by atoms with Gasteiger partial charge in [-0.05, 0) is 38.8 Å². The number of ether oxygens (including phenoxy) is 1. The number of nitrogens with one attached hydrogen (secondary N) is 1. The molecular weight excluding hydrogens is 200 g/mol. The van der Waals surface area contributed by atoms with Crippen LogP contribution in [0.25, 0.3) is 0 Å². The molecule has 1 aliphatic rings. The van der Waals surface area contributed by atoms with E-state index in [4.69, 9.17) is 4.74 Å². The Hall–Kier alpha value is -0.120. The van der Waals surface area contributed by atoms with Crippen LogP contribution < -0.4 is 5.32 Å². The third-order valence-electron chi connectivity index (χ3n) is 2.89. The van der Waals surface area contributed by atoms with Crippen LogP contribution in [0.3, 0.4) is 0 Å². The fourth-order valence-corrected chi connectivity index (χ4v) is 2.11. The molecule has 1 unspecified atom stereocenters. The van der Waals surface area contributed by atoms with E-state index in [9.17, 15) is 0 Å². The van der Waals surface area contributed by atoms with Gasteiger partial charge in [0.2, 0.25) is 0 Å². The summed E-state index contributed by atoms with van der Waals surface area (Å²) >= 11 is 0. The highest BCUT2D eigenvalue weighted by Gasteiger charge is 2.12. The molecule has 3 heteroatoms. The Morgan fingerprint density at radius 2 is 2.25 bits per heavy atom. The van der Waals surface area contributed by atoms with Crippen LogP contribution >= 0.6 is 0 Å². The Balaban J connectivity index is 2.02. The molecule has 1 N–H and O–H groups in total. The predicted octanol–water partition coefficient (Wildman–Crippen LogP) is 1.73. The first-order chi connectivity index (χ1) is 7.68. The summed E-state index contributed by atoms with van der Waals surface area (Å²) in [5, 5.41) is 3.52. The molecule has 0 radical (unpaired) electrons. The van der Waals surface area contributed by atoms with Crippen LogP contribution in [0, 0.1) is 5.92 Å². The van der Waals surface area contributed by atoms with E-state index in [0.29, 0.717) is 12.0 Å². The second-order valence-electron chi connectivity index (χ2n) is 5.33. The van der Waals surface area contributed by atoms with E-state index < -0.39 is 0 Å². The number of hydrogen-bond donors (Lipinski definition) is 1. The second-order valence-corrected chi connectivity index (χ2v) is 5.33. The summed E-state index contributed by atoms with van der Waals surface area (Å²) in [4.78, 5) is 2.56. The van der Waals surface area contributed by atoms with Crippen molar-refractivity contribution in [2.24, 2.45) is 5.92 Å². The maximum atomic E-state index is 5.60.